The van der Waals surface area contributed by atoms with Gasteiger partial charge >= 0.3 is 0 Å². The summed E-state index contributed by atoms with van der Waals surface area (Å²) in [6.07, 6.45) is 4.02. The first-order chi connectivity index (χ1) is 10.00. The van der Waals surface area contributed by atoms with E-state index in [4.69, 9.17) is 25.0 Å². The second-order valence-corrected chi connectivity index (χ2v) is 7.68. The van der Waals surface area contributed by atoms with Crippen LogP contribution in [0, 0.1) is 23.7 Å². The Morgan fingerprint density at radius 3 is 2.67 bits per heavy atom. The fourth-order valence-corrected chi connectivity index (χ4v) is 5.25. The molecule has 5 aliphatic rings. The van der Waals surface area contributed by atoms with Gasteiger partial charge in [-0.05, 0) is 43.9 Å². The van der Waals surface area contributed by atoms with Crippen LogP contribution in [0.2, 0.25) is 0 Å². The molecule has 21 heavy (non-hydrogen) atoms. The van der Waals surface area contributed by atoms with Crippen LogP contribution in [-0.4, -0.2) is 30.3 Å². The van der Waals surface area contributed by atoms with E-state index in [1.165, 1.54) is 6.42 Å². The highest BCUT2D eigenvalue weighted by Gasteiger charge is 2.69. The normalized spacial score (nSPS) is 59.4. The summed E-state index contributed by atoms with van der Waals surface area (Å²) < 4.78 is 12.5. The Balaban J connectivity index is 1.79. The summed E-state index contributed by atoms with van der Waals surface area (Å²) in [4.78, 5) is 11.8. The first-order valence-electron chi connectivity index (χ1n) is 8.40. The maximum atomic E-state index is 6.25. The maximum Gasteiger partial charge on any atom is 0.201 e. The van der Waals surface area contributed by atoms with Gasteiger partial charge < -0.3 is 15.2 Å². The van der Waals surface area contributed by atoms with Crippen LogP contribution < -0.4 is 5.73 Å². The fraction of sp³-hybridized carbons (Fsp3) is 1.00. The predicted octanol–water partition coefficient (Wildman–Crippen LogP) is 2.20. The Kier molecular flexibility index (Phi) is 3.19. The lowest BCUT2D eigenvalue weighted by molar-refractivity contribution is -0.570. The lowest BCUT2D eigenvalue weighted by Crippen LogP contribution is -2.70. The minimum atomic E-state index is -0.683. The zero-order valence-electron chi connectivity index (χ0n) is 13.2. The molecule has 0 amide bonds. The molecular formula is C16H27NO4. The van der Waals surface area contributed by atoms with E-state index in [2.05, 4.69) is 13.8 Å². The van der Waals surface area contributed by atoms with E-state index in [1.807, 2.05) is 6.92 Å². The molecule has 120 valence electrons. The highest BCUT2D eigenvalue weighted by molar-refractivity contribution is 5.09. The molecular weight excluding hydrogens is 270 g/mol. The van der Waals surface area contributed by atoms with Gasteiger partial charge in [0.05, 0.1) is 6.10 Å². The van der Waals surface area contributed by atoms with Gasteiger partial charge in [-0.1, -0.05) is 13.8 Å². The van der Waals surface area contributed by atoms with Gasteiger partial charge in [0, 0.05) is 18.9 Å². The largest absolute Gasteiger partial charge is 0.345 e. The third-order valence-electron chi connectivity index (χ3n) is 6.53. The second kappa shape index (κ2) is 4.65. The molecule has 0 aromatic carbocycles. The lowest BCUT2D eigenvalue weighted by atomic mass is 9.57. The number of nitrogens with two attached hydrogens (primary N) is 1. The highest BCUT2D eigenvalue weighted by Crippen LogP contribution is 2.60. The molecule has 0 aromatic heterocycles. The van der Waals surface area contributed by atoms with Crippen molar-refractivity contribution >= 4 is 0 Å². The van der Waals surface area contributed by atoms with Crippen molar-refractivity contribution in [2.45, 2.75) is 70.2 Å². The van der Waals surface area contributed by atoms with Crippen LogP contribution >= 0.6 is 0 Å². The Morgan fingerprint density at radius 2 is 1.90 bits per heavy atom. The van der Waals surface area contributed by atoms with E-state index < -0.39 is 11.4 Å². The molecule has 5 heteroatoms. The Bertz CT molecular complexity index is 433. The van der Waals surface area contributed by atoms with Crippen molar-refractivity contribution in [3.63, 3.8) is 0 Å². The maximum absolute atomic E-state index is 6.25. The van der Waals surface area contributed by atoms with E-state index in [0.717, 1.165) is 19.3 Å². The van der Waals surface area contributed by atoms with Crippen LogP contribution in [0.15, 0.2) is 0 Å². The van der Waals surface area contributed by atoms with E-state index in [-0.39, 0.29) is 12.4 Å². The second-order valence-electron chi connectivity index (χ2n) is 7.68. The Morgan fingerprint density at radius 1 is 1.10 bits per heavy atom. The molecule has 4 aliphatic heterocycles. The zero-order chi connectivity index (χ0) is 14.8. The third-order valence-corrected chi connectivity index (χ3v) is 6.53. The number of fused-ring (bicyclic) bond motifs is 2. The van der Waals surface area contributed by atoms with Crippen molar-refractivity contribution < 1.29 is 19.2 Å². The van der Waals surface area contributed by atoms with Gasteiger partial charge in [0.1, 0.15) is 0 Å². The van der Waals surface area contributed by atoms with Crippen molar-refractivity contribution in [1.29, 1.82) is 0 Å². The van der Waals surface area contributed by atoms with Gasteiger partial charge in [0.15, 0.2) is 11.9 Å². The predicted molar refractivity (Wildman–Crippen MR) is 75.9 cm³/mol. The standard InChI is InChI=1S/C16H27NO4/c1-9-4-5-12-10(2)13(8-17)18-14-16(12)11(9)6-7-15(3,19-14)20-21-16/h9-14H,4-8,17H2,1-3H3/t9-,10-,11+,12+,13-,14-,15-,16-/m1/s1. The number of ether oxygens (including phenoxy) is 2. The average Bonchev–Trinajstić information content (AvgIpc) is 2.69. The van der Waals surface area contributed by atoms with Crippen LogP contribution in [0.3, 0.4) is 0 Å². The van der Waals surface area contributed by atoms with Crippen molar-refractivity contribution in [2.75, 3.05) is 6.54 Å². The van der Waals surface area contributed by atoms with E-state index >= 15 is 0 Å². The molecule has 2 bridgehead atoms. The summed E-state index contributed by atoms with van der Waals surface area (Å²) in [7, 11) is 0. The lowest BCUT2D eigenvalue weighted by Gasteiger charge is -2.60. The Hall–Kier alpha value is -0.200. The van der Waals surface area contributed by atoms with Crippen molar-refractivity contribution in [3.8, 4) is 0 Å². The first kappa shape index (κ1) is 14.4. The molecule has 8 atom stereocenters. The van der Waals surface area contributed by atoms with Gasteiger partial charge in [-0.15, -0.1) is 0 Å². The van der Waals surface area contributed by atoms with Gasteiger partial charge in [0.25, 0.3) is 0 Å². The minimum absolute atomic E-state index is 0.0474. The summed E-state index contributed by atoms with van der Waals surface area (Å²) in [6, 6.07) is 0. The van der Waals surface area contributed by atoms with E-state index in [9.17, 15) is 0 Å². The molecule has 0 unspecified atom stereocenters. The van der Waals surface area contributed by atoms with Crippen LogP contribution in [-0.2, 0) is 19.2 Å². The van der Waals surface area contributed by atoms with E-state index in [0.29, 0.717) is 30.2 Å². The molecule has 5 fully saturated rings. The van der Waals surface area contributed by atoms with Crippen molar-refractivity contribution in [1.82, 2.24) is 0 Å². The summed E-state index contributed by atoms with van der Waals surface area (Å²) in [5.74, 6) is 1.13. The first-order valence-corrected chi connectivity index (χ1v) is 8.40. The summed E-state index contributed by atoms with van der Waals surface area (Å²) in [5.41, 5.74) is 5.48. The molecule has 2 N–H and O–H groups in total. The van der Waals surface area contributed by atoms with E-state index in [1.54, 1.807) is 0 Å². The van der Waals surface area contributed by atoms with Gasteiger partial charge in [-0.3, -0.25) is 0 Å². The zero-order valence-corrected chi connectivity index (χ0v) is 13.2. The molecule has 1 aliphatic carbocycles. The number of hydrogen-bond donors (Lipinski definition) is 1. The molecule has 4 heterocycles. The number of rotatable bonds is 1. The van der Waals surface area contributed by atoms with Crippen LogP contribution in [0.5, 0.6) is 0 Å². The highest BCUT2D eigenvalue weighted by atomic mass is 17.3. The molecule has 1 spiro atoms. The van der Waals surface area contributed by atoms with Gasteiger partial charge in [-0.25, -0.2) is 9.78 Å². The summed E-state index contributed by atoms with van der Waals surface area (Å²) in [5, 5.41) is 0. The van der Waals surface area contributed by atoms with Crippen molar-refractivity contribution in [2.24, 2.45) is 29.4 Å². The summed E-state index contributed by atoms with van der Waals surface area (Å²) >= 11 is 0. The molecule has 1 saturated carbocycles. The molecule has 0 radical (unpaired) electrons. The van der Waals surface area contributed by atoms with Crippen LogP contribution in [0.4, 0.5) is 0 Å². The minimum Gasteiger partial charge on any atom is -0.345 e. The molecule has 4 saturated heterocycles. The Labute approximate surface area is 126 Å². The van der Waals surface area contributed by atoms with Crippen molar-refractivity contribution in [3.05, 3.63) is 0 Å². The fourth-order valence-electron chi connectivity index (χ4n) is 5.25. The van der Waals surface area contributed by atoms with Crippen LogP contribution in [0.25, 0.3) is 0 Å². The molecule has 5 rings (SSSR count). The topological polar surface area (TPSA) is 62.9 Å². The molecule has 5 nitrogen and oxygen atoms in total. The third kappa shape index (κ3) is 1.81. The summed E-state index contributed by atoms with van der Waals surface area (Å²) in [6.45, 7) is 7.06. The van der Waals surface area contributed by atoms with Gasteiger partial charge in [-0.2, -0.15) is 0 Å². The smallest absolute Gasteiger partial charge is 0.201 e. The average molecular weight is 297 g/mol. The number of hydrogen-bond acceptors (Lipinski definition) is 5. The quantitative estimate of drug-likeness (QED) is 0.752. The monoisotopic (exact) mass is 297 g/mol. The SMILES string of the molecule is C[C@H]1[C@@H](CN)O[C@@H]2O[C@@]3(C)CC[C@H]4[C@H](C)CC[C@@H]1[C@@]24OO3. The molecule has 0 aromatic rings. The van der Waals surface area contributed by atoms with Crippen LogP contribution in [0.1, 0.15) is 46.5 Å². The van der Waals surface area contributed by atoms with Gasteiger partial charge in [0.2, 0.25) is 5.79 Å².